The van der Waals surface area contributed by atoms with Crippen LogP contribution in [0.1, 0.15) is 35.7 Å². The van der Waals surface area contributed by atoms with Gasteiger partial charge in [0.1, 0.15) is 0 Å². The summed E-state index contributed by atoms with van der Waals surface area (Å²) < 4.78 is 27.8. The van der Waals surface area contributed by atoms with E-state index in [0.717, 1.165) is 9.54 Å². The summed E-state index contributed by atoms with van der Waals surface area (Å²) >= 11 is 0. The minimum Gasteiger partial charge on any atom is -0.319 e. The summed E-state index contributed by atoms with van der Waals surface area (Å²) in [6.45, 7) is 4.05. The number of amides is 1. The molecule has 4 aromatic rings. The number of benzene rings is 2. The third kappa shape index (κ3) is 3.92. The maximum atomic E-state index is 13.4. The lowest BCUT2D eigenvalue weighted by Crippen LogP contribution is -2.22. The van der Waals surface area contributed by atoms with Crippen LogP contribution in [-0.2, 0) is 14.8 Å². The quantitative estimate of drug-likeness (QED) is 0.353. The van der Waals surface area contributed by atoms with Crippen LogP contribution < -0.4 is 5.32 Å². The van der Waals surface area contributed by atoms with Gasteiger partial charge in [-0.05, 0) is 41.8 Å². The minimum atomic E-state index is -3.98. The zero-order valence-corrected chi connectivity index (χ0v) is 18.3. The third-order valence-corrected chi connectivity index (χ3v) is 6.86. The molecule has 0 aliphatic rings. The summed E-state index contributed by atoms with van der Waals surface area (Å²) in [5.41, 5.74) is 1.76. The van der Waals surface area contributed by atoms with E-state index in [4.69, 9.17) is 0 Å². The number of fused-ring (bicyclic) bond motifs is 1. The number of aromatic nitrogens is 2. The van der Waals surface area contributed by atoms with E-state index in [1.165, 1.54) is 18.6 Å². The van der Waals surface area contributed by atoms with Crippen molar-refractivity contribution < 1.29 is 18.0 Å². The largest absolute Gasteiger partial charge is 0.319 e. The topological polar surface area (TPSA) is 98.1 Å². The number of hydrogen-bond acceptors (Lipinski definition) is 5. The molecular weight excluding hydrogens is 426 g/mol. The summed E-state index contributed by atoms with van der Waals surface area (Å²) in [6.07, 6.45) is 4.19. The summed E-state index contributed by atoms with van der Waals surface area (Å²) in [4.78, 5) is 29.4. The molecule has 0 saturated carbocycles. The summed E-state index contributed by atoms with van der Waals surface area (Å²) in [5, 5.41) is 2.89. The standard InChI is InChI=1S/C24H21N3O4S/c1-16(2)17-7-9-19(10-8-17)32(30,31)27-15-21(20-5-3-4-6-22(20)27)23(28)24(29)26-18-11-13-25-14-12-18/h3-16H,1-2H3,(H,25,26,29). The SMILES string of the molecule is CC(C)c1ccc(S(=O)(=O)n2cc(C(=O)C(=O)Nc3ccncc3)c3ccccc32)cc1. The van der Waals surface area contributed by atoms with E-state index in [1.807, 2.05) is 13.8 Å². The zero-order valence-electron chi connectivity index (χ0n) is 17.5. The number of carbonyl (C=O) groups is 2. The Bertz CT molecular complexity index is 1410. The van der Waals surface area contributed by atoms with Gasteiger partial charge in [0.25, 0.3) is 21.7 Å². The monoisotopic (exact) mass is 447 g/mol. The number of Topliss-reactive ketones (excluding diaryl/α,β-unsaturated/α-hetero) is 1. The van der Waals surface area contributed by atoms with Gasteiger partial charge in [-0.1, -0.05) is 44.2 Å². The first-order valence-corrected chi connectivity index (χ1v) is 11.4. The first-order chi connectivity index (χ1) is 15.3. The van der Waals surface area contributed by atoms with Gasteiger partial charge < -0.3 is 5.32 Å². The van der Waals surface area contributed by atoms with Crippen molar-refractivity contribution in [3.8, 4) is 0 Å². The van der Waals surface area contributed by atoms with Gasteiger partial charge in [-0.3, -0.25) is 14.6 Å². The molecule has 162 valence electrons. The Hall–Kier alpha value is -3.78. The van der Waals surface area contributed by atoms with E-state index >= 15 is 0 Å². The third-order valence-electron chi connectivity index (χ3n) is 5.17. The highest BCUT2D eigenvalue weighted by Gasteiger charge is 2.26. The fraction of sp³-hybridized carbons (Fsp3) is 0.125. The smallest absolute Gasteiger partial charge is 0.296 e. The molecule has 0 aliphatic carbocycles. The lowest BCUT2D eigenvalue weighted by molar-refractivity contribution is -0.112. The van der Waals surface area contributed by atoms with Crippen LogP contribution in [0.2, 0.25) is 0 Å². The van der Waals surface area contributed by atoms with Gasteiger partial charge in [-0.25, -0.2) is 12.4 Å². The van der Waals surface area contributed by atoms with Crippen LogP contribution in [0.3, 0.4) is 0 Å². The molecule has 0 radical (unpaired) electrons. The van der Waals surface area contributed by atoms with Crippen molar-refractivity contribution in [1.29, 1.82) is 0 Å². The number of pyridine rings is 1. The zero-order chi connectivity index (χ0) is 22.9. The van der Waals surface area contributed by atoms with Crippen molar-refractivity contribution in [1.82, 2.24) is 8.96 Å². The van der Waals surface area contributed by atoms with E-state index < -0.39 is 21.7 Å². The molecule has 4 rings (SSSR count). The Morgan fingerprint density at radius 3 is 2.25 bits per heavy atom. The first-order valence-electron chi connectivity index (χ1n) is 10.0. The van der Waals surface area contributed by atoms with Crippen molar-refractivity contribution in [3.63, 3.8) is 0 Å². The molecule has 0 fully saturated rings. The van der Waals surface area contributed by atoms with Gasteiger partial charge in [0.15, 0.2) is 0 Å². The first kappa shape index (κ1) is 21.5. The van der Waals surface area contributed by atoms with Crippen molar-refractivity contribution in [2.45, 2.75) is 24.7 Å². The molecule has 0 spiro atoms. The van der Waals surface area contributed by atoms with Crippen molar-refractivity contribution in [2.75, 3.05) is 5.32 Å². The summed E-state index contributed by atoms with van der Waals surface area (Å²) in [5.74, 6) is -1.43. The van der Waals surface area contributed by atoms with Crippen molar-refractivity contribution in [3.05, 3.63) is 90.4 Å². The van der Waals surface area contributed by atoms with Gasteiger partial charge >= 0.3 is 0 Å². The summed E-state index contributed by atoms with van der Waals surface area (Å²) in [7, 11) is -3.98. The van der Waals surface area contributed by atoms with Gasteiger partial charge in [0.2, 0.25) is 0 Å². The van der Waals surface area contributed by atoms with Crippen molar-refractivity contribution >= 4 is 38.3 Å². The molecule has 32 heavy (non-hydrogen) atoms. The van der Waals surface area contributed by atoms with Gasteiger partial charge in [-0.2, -0.15) is 0 Å². The maximum absolute atomic E-state index is 13.4. The van der Waals surface area contributed by atoms with Crippen LogP contribution in [-0.4, -0.2) is 29.1 Å². The minimum absolute atomic E-state index is 0.00883. The lowest BCUT2D eigenvalue weighted by Gasteiger charge is -2.10. The van der Waals surface area contributed by atoms with Crippen LogP contribution in [0.4, 0.5) is 5.69 Å². The molecular formula is C24H21N3O4S. The second-order valence-electron chi connectivity index (χ2n) is 7.60. The molecule has 8 heteroatoms. The molecule has 2 aromatic carbocycles. The number of carbonyl (C=O) groups excluding carboxylic acids is 2. The normalized spacial score (nSPS) is 11.6. The Kier molecular flexibility index (Phi) is 5.63. The second-order valence-corrected chi connectivity index (χ2v) is 9.42. The molecule has 2 heterocycles. The van der Waals surface area contributed by atoms with E-state index in [9.17, 15) is 18.0 Å². The number of ketones is 1. The van der Waals surface area contributed by atoms with Crippen LogP contribution in [0.5, 0.6) is 0 Å². The van der Waals surface area contributed by atoms with E-state index in [1.54, 1.807) is 60.7 Å². The molecule has 7 nitrogen and oxygen atoms in total. The highest BCUT2D eigenvalue weighted by molar-refractivity contribution is 7.90. The molecule has 0 aliphatic heterocycles. The highest BCUT2D eigenvalue weighted by Crippen LogP contribution is 2.27. The Morgan fingerprint density at radius 2 is 1.59 bits per heavy atom. The number of para-hydroxylation sites is 1. The molecule has 0 saturated heterocycles. The van der Waals surface area contributed by atoms with Gasteiger partial charge in [0, 0.05) is 29.7 Å². The predicted molar refractivity (Wildman–Crippen MR) is 122 cm³/mol. The number of anilines is 1. The lowest BCUT2D eigenvalue weighted by atomic mass is 10.0. The fourth-order valence-electron chi connectivity index (χ4n) is 3.41. The van der Waals surface area contributed by atoms with Gasteiger partial charge in [-0.15, -0.1) is 0 Å². The molecule has 0 atom stereocenters. The summed E-state index contributed by atoms with van der Waals surface area (Å²) in [6, 6.07) is 16.4. The van der Waals surface area contributed by atoms with Crippen LogP contribution >= 0.6 is 0 Å². The number of hydrogen-bond donors (Lipinski definition) is 1. The average molecular weight is 448 g/mol. The Balaban J connectivity index is 1.76. The second kappa shape index (κ2) is 8.39. The molecule has 1 N–H and O–H groups in total. The molecule has 0 unspecified atom stereocenters. The number of nitrogens with zero attached hydrogens (tertiary/aromatic N) is 2. The van der Waals surface area contributed by atoms with Crippen LogP contribution in [0.15, 0.2) is 84.1 Å². The molecule has 1 amide bonds. The van der Waals surface area contributed by atoms with E-state index in [-0.39, 0.29) is 16.4 Å². The Morgan fingerprint density at radius 1 is 0.938 bits per heavy atom. The van der Waals surface area contributed by atoms with E-state index in [2.05, 4.69) is 10.3 Å². The van der Waals surface area contributed by atoms with Crippen molar-refractivity contribution in [2.24, 2.45) is 0 Å². The maximum Gasteiger partial charge on any atom is 0.296 e. The van der Waals surface area contributed by atoms with Gasteiger partial charge in [0.05, 0.1) is 16.0 Å². The number of nitrogens with one attached hydrogen (secondary N) is 1. The number of rotatable bonds is 6. The van der Waals surface area contributed by atoms with Crippen LogP contribution in [0, 0.1) is 0 Å². The Labute approximate surface area is 185 Å². The predicted octanol–water partition coefficient (Wildman–Crippen LogP) is 4.22. The molecule has 0 bridgehead atoms. The van der Waals surface area contributed by atoms with E-state index in [0.29, 0.717) is 16.6 Å². The average Bonchev–Trinajstić information content (AvgIpc) is 3.20. The molecule has 2 aromatic heterocycles. The fourth-order valence-corrected chi connectivity index (χ4v) is 4.78. The highest BCUT2D eigenvalue weighted by atomic mass is 32.2. The van der Waals surface area contributed by atoms with Crippen LogP contribution in [0.25, 0.3) is 10.9 Å².